The van der Waals surface area contributed by atoms with Crippen molar-refractivity contribution in [2.24, 2.45) is 5.41 Å². The molecule has 9 heteroatoms. The van der Waals surface area contributed by atoms with Crippen molar-refractivity contribution in [2.45, 2.75) is 11.1 Å². The molecule has 0 N–H and O–H groups in total. The molecule has 0 atom stereocenters. The predicted molar refractivity (Wildman–Crippen MR) is 99.1 cm³/mol. The zero-order chi connectivity index (χ0) is 21.4. The van der Waals surface area contributed by atoms with Crippen LogP contribution in [0.4, 0.5) is 22.0 Å². The Hall–Kier alpha value is -2.55. The van der Waals surface area contributed by atoms with Gasteiger partial charge in [-0.05, 0) is 35.4 Å². The van der Waals surface area contributed by atoms with Crippen LogP contribution in [0.25, 0.3) is 11.1 Å². The maximum Gasteiger partial charge on any atom is 0.417 e. The highest BCUT2D eigenvalue weighted by Crippen LogP contribution is 2.44. The van der Waals surface area contributed by atoms with Crippen molar-refractivity contribution in [3.8, 4) is 0 Å². The maximum absolute atomic E-state index is 13.6. The van der Waals surface area contributed by atoms with Crippen LogP contribution in [-0.2, 0) is 16.0 Å². The molecular weight excluding hydrogens is 413 g/mol. The zero-order valence-electron chi connectivity index (χ0n) is 15.2. The molecule has 1 aliphatic carbocycles. The largest absolute Gasteiger partial charge is 0.417 e. The second kappa shape index (κ2) is 7.37. The van der Waals surface area contributed by atoms with Gasteiger partial charge in [-0.25, -0.2) is 17.2 Å². The Bertz CT molecular complexity index is 1070. The van der Waals surface area contributed by atoms with Crippen LogP contribution < -0.4 is 0 Å². The first-order valence-electron chi connectivity index (χ1n) is 8.41. The number of hydrogen-bond acceptors (Lipinski definition) is 3. The Balaban J connectivity index is 2.08. The fourth-order valence-electron chi connectivity index (χ4n) is 3.02. The van der Waals surface area contributed by atoms with E-state index >= 15 is 0 Å². The highest BCUT2D eigenvalue weighted by molar-refractivity contribution is 7.90. The van der Waals surface area contributed by atoms with Crippen molar-refractivity contribution in [1.82, 2.24) is 4.98 Å². The van der Waals surface area contributed by atoms with Crippen LogP contribution in [0.5, 0.6) is 0 Å². The first-order valence-corrected chi connectivity index (χ1v) is 10.3. The molecule has 0 unspecified atom stereocenters. The average Bonchev–Trinajstić information content (AvgIpc) is 3.07. The Labute approximate surface area is 164 Å². The lowest BCUT2D eigenvalue weighted by atomic mass is 9.93. The third kappa shape index (κ3) is 4.24. The normalized spacial score (nSPS) is 16.5. The van der Waals surface area contributed by atoms with Gasteiger partial charge in [-0.1, -0.05) is 24.3 Å². The molecule has 3 rings (SSSR count). The van der Waals surface area contributed by atoms with Gasteiger partial charge < -0.3 is 0 Å². The van der Waals surface area contributed by atoms with Crippen LogP contribution >= 0.6 is 0 Å². The van der Waals surface area contributed by atoms with Gasteiger partial charge in [-0.15, -0.1) is 0 Å². The Morgan fingerprint density at radius 1 is 0.931 bits per heavy atom. The standard InChI is InChI=1S/C20H16F5NO2S/c1-29(27,28)15-5-2-13(3-6-15)16-8-19(11-21,12-22)9-17(16)18-7-4-14(10-26-18)20(23,24)25/h2-10H,11-12H2,1H3. The van der Waals surface area contributed by atoms with Gasteiger partial charge in [-0.3, -0.25) is 4.98 Å². The summed E-state index contributed by atoms with van der Waals surface area (Å²) in [4.78, 5) is 3.89. The van der Waals surface area contributed by atoms with Crippen molar-refractivity contribution in [2.75, 3.05) is 19.6 Å². The van der Waals surface area contributed by atoms with Crippen molar-refractivity contribution in [3.05, 3.63) is 71.6 Å². The number of rotatable bonds is 5. The molecule has 2 aromatic rings. The summed E-state index contributed by atoms with van der Waals surface area (Å²) in [7, 11) is -3.43. The highest BCUT2D eigenvalue weighted by Gasteiger charge is 2.35. The SMILES string of the molecule is CS(=O)(=O)c1ccc(C2=CC(CF)(CF)C=C2c2ccc(C(F)(F)F)cn2)cc1. The molecule has 1 aromatic heterocycles. The van der Waals surface area contributed by atoms with E-state index < -0.39 is 40.3 Å². The zero-order valence-corrected chi connectivity index (χ0v) is 16.0. The lowest BCUT2D eigenvalue weighted by molar-refractivity contribution is -0.137. The molecule has 0 aliphatic heterocycles. The third-order valence-electron chi connectivity index (χ3n) is 4.61. The summed E-state index contributed by atoms with van der Waals surface area (Å²) in [5, 5.41) is 0. The van der Waals surface area contributed by atoms with Crippen molar-refractivity contribution in [3.63, 3.8) is 0 Å². The van der Waals surface area contributed by atoms with E-state index in [0.717, 1.165) is 18.4 Å². The third-order valence-corrected chi connectivity index (χ3v) is 5.74. The van der Waals surface area contributed by atoms with E-state index in [4.69, 9.17) is 0 Å². The second-order valence-electron chi connectivity index (χ2n) is 6.84. The van der Waals surface area contributed by atoms with E-state index in [1.807, 2.05) is 0 Å². The number of pyridine rings is 1. The molecule has 0 amide bonds. The first-order chi connectivity index (χ1) is 13.5. The molecule has 29 heavy (non-hydrogen) atoms. The number of nitrogens with zero attached hydrogens (tertiary/aromatic N) is 1. The number of sulfone groups is 1. The average molecular weight is 429 g/mol. The van der Waals surface area contributed by atoms with Crippen molar-refractivity contribution in [1.29, 1.82) is 0 Å². The maximum atomic E-state index is 13.6. The summed E-state index contributed by atoms with van der Waals surface area (Å²) < 4.78 is 88.8. The summed E-state index contributed by atoms with van der Waals surface area (Å²) in [5.41, 5.74) is -1.25. The molecule has 1 aromatic carbocycles. The van der Waals surface area contributed by atoms with E-state index in [0.29, 0.717) is 17.3 Å². The molecule has 1 aliphatic rings. The fraction of sp³-hybridized carbons (Fsp3) is 0.250. The van der Waals surface area contributed by atoms with Gasteiger partial charge in [0.2, 0.25) is 0 Å². The summed E-state index contributed by atoms with van der Waals surface area (Å²) in [6, 6.07) is 7.65. The van der Waals surface area contributed by atoms with Gasteiger partial charge in [-0.2, -0.15) is 13.2 Å². The molecular formula is C20H16F5NO2S. The van der Waals surface area contributed by atoms with E-state index in [-0.39, 0.29) is 16.2 Å². The van der Waals surface area contributed by atoms with Gasteiger partial charge in [0.15, 0.2) is 9.84 Å². The highest BCUT2D eigenvalue weighted by atomic mass is 32.2. The molecule has 1 heterocycles. The number of halogens is 5. The number of alkyl halides is 5. The lowest BCUT2D eigenvalue weighted by Crippen LogP contribution is -2.18. The van der Waals surface area contributed by atoms with Gasteiger partial charge in [0.1, 0.15) is 13.3 Å². The van der Waals surface area contributed by atoms with Gasteiger partial charge in [0, 0.05) is 18.0 Å². The van der Waals surface area contributed by atoms with E-state index in [1.54, 1.807) is 0 Å². The molecule has 0 fully saturated rings. The number of hydrogen-bond donors (Lipinski definition) is 0. The quantitative estimate of drug-likeness (QED) is 0.635. The summed E-state index contributed by atoms with van der Waals surface area (Å²) in [5.74, 6) is 0. The van der Waals surface area contributed by atoms with Crippen LogP contribution in [0.15, 0.2) is 59.6 Å². The Kier molecular flexibility index (Phi) is 5.38. The van der Waals surface area contributed by atoms with Crippen molar-refractivity contribution < 1.29 is 30.4 Å². The second-order valence-corrected chi connectivity index (χ2v) is 8.86. The summed E-state index contributed by atoms with van der Waals surface area (Å²) in [6.45, 7) is -2.09. The molecule has 0 radical (unpaired) electrons. The molecule has 0 saturated carbocycles. The monoisotopic (exact) mass is 429 g/mol. The van der Waals surface area contributed by atoms with Crippen LogP contribution in [0.2, 0.25) is 0 Å². The van der Waals surface area contributed by atoms with Gasteiger partial charge in [0.05, 0.1) is 21.6 Å². The molecule has 154 valence electrons. The minimum Gasteiger partial charge on any atom is -0.256 e. The minimum absolute atomic E-state index is 0.0697. The Morgan fingerprint density at radius 2 is 1.52 bits per heavy atom. The summed E-state index contributed by atoms with van der Waals surface area (Å²) in [6.07, 6.45) is -0.187. The number of allylic oxidation sites excluding steroid dienone is 4. The van der Waals surface area contributed by atoms with Gasteiger partial charge in [0.25, 0.3) is 0 Å². The smallest absolute Gasteiger partial charge is 0.256 e. The number of aromatic nitrogens is 1. The van der Waals surface area contributed by atoms with E-state index in [9.17, 15) is 30.4 Å². The lowest BCUT2D eigenvalue weighted by Gasteiger charge is -2.15. The van der Waals surface area contributed by atoms with E-state index in [2.05, 4.69) is 4.98 Å². The van der Waals surface area contributed by atoms with Gasteiger partial charge >= 0.3 is 6.18 Å². The summed E-state index contributed by atoms with van der Waals surface area (Å²) >= 11 is 0. The molecule has 0 bridgehead atoms. The molecule has 0 saturated heterocycles. The molecule has 0 spiro atoms. The number of benzene rings is 1. The predicted octanol–water partition coefficient (Wildman–Crippen LogP) is 4.91. The van der Waals surface area contributed by atoms with E-state index in [1.165, 1.54) is 36.4 Å². The first kappa shape index (κ1) is 21.2. The molecule has 3 nitrogen and oxygen atoms in total. The van der Waals surface area contributed by atoms with Crippen LogP contribution in [0.1, 0.15) is 16.8 Å². The topological polar surface area (TPSA) is 47.0 Å². The fourth-order valence-corrected chi connectivity index (χ4v) is 3.65. The van der Waals surface area contributed by atoms with Crippen molar-refractivity contribution >= 4 is 21.0 Å². The van der Waals surface area contributed by atoms with Crippen LogP contribution in [-0.4, -0.2) is 33.0 Å². The van der Waals surface area contributed by atoms with Crippen LogP contribution in [0.3, 0.4) is 0 Å². The Morgan fingerprint density at radius 3 is 1.97 bits per heavy atom. The minimum atomic E-state index is -4.56. The van der Waals surface area contributed by atoms with Crippen LogP contribution in [0, 0.1) is 5.41 Å².